The molecule has 1 aliphatic carbocycles. The van der Waals surface area contributed by atoms with Crippen molar-refractivity contribution in [3.63, 3.8) is 0 Å². The molecule has 2 heterocycles. The third-order valence-electron chi connectivity index (χ3n) is 11.4. The minimum absolute atomic E-state index is 0.0867. The van der Waals surface area contributed by atoms with Crippen molar-refractivity contribution in [1.29, 1.82) is 0 Å². The summed E-state index contributed by atoms with van der Waals surface area (Å²) in [7, 11) is 0. The molecule has 1 aliphatic rings. The minimum Gasteiger partial charge on any atom is -0.309 e. The number of fused-ring (bicyclic) bond motifs is 10. The van der Waals surface area contributed by atoms with Gasteiger partial charge in [0.2, 0.25) is 0 Å². The van der Waals surface area contributed by atoms with Crippen LogP contribution in [0.5, 0.6) is 0 Å². The minimum atomic E-state index is -0.161. The largest absolute Gasteiger partial charge is 0.309 e. The van der Waals surface area contributed by atoms with E-state index < -0.39 is 0 Å². The molecule has 0 amide bonds. The number of benzene rings is 7. The van der Waals surface area contributed by atoms with E-state index in [0.717, 1.165) is 0 Å². The first-order chi connectivity index (χ1) is 24.7. The molecule has 0 N–H and O–H groups in total. The van der Waals surface area contributed by atoms with E-state index in [4.69, 9.17) is 0 Å². The lowest BCUT2D eigenvalue weighted by Crippen LogP contribution is -2.18. The normalized spacial score (nSPS) is 13.7. The van der Waals surface area contributed by atoms with Gasteiger partial charge in [0.25, 0.3) is 0 Å². The van der Waals surface area contributed by atoms with E-state index in [0.29, 0.717) is 0 Å². The first kappa shape index (κ1) is 30.0. The van der Waals surface area contributed by atoms with Gasteiger partial charge in [0, 0.05) is 38.3 Å². The Bertz CT molecular complexity index is 2800. The summed E-state index contributed by atoms with van der Waals surface area (Å²) in [4.78, 5) is 0. The Morgan fingerprint density at radius 1 is 0.451 bits per heavy atom. The first-order valence-electron chi connectivity index (χ1n) is 18.1. The maximum Gasteiger partial charge on any atom is 0.0588 e. The predicted molar refractivity (Wildman–Crippen MR) is 217 cm³/mol. The van der Waals surface area contributed by atoms with Gasteiger partial charge in [-0.1, -0.05) is 138 Å². The van der Waals surface area contributed by atoms with Crippen LogP contribution in [0.25, 0.3) is 77.2 Å². The van der Waals surface area contributed by atoms with Crippen LogP contribution in [0.1, 0.15) is 51.3 Å². The van der Waals surface area contributed by atoms with E-state index in [1.165, 1.54) is 93.9 Å². The molecular formula is C49H40N2. The Balaban J connectivity index is 1.20. The summed E-state index contributed by atoms with van der Waals surface area (Å²) in [6, 6.07) is 56.4. The monoisotopic (exact) mass is 656 g/mol. The molecule has 2 nitrogen and oxygen atoms in total. The molecule has 2 aromatic heterocycles. The highest BCUT2D eigenvalue weighted by Crippen LogP contribution is 2.54. The quantitative estimate of drug-likeness (QED) is 0.179. The van der Waals surface area contributed by atoms with Crippen LogP contribution >= 0.6 is 0 Å². The number of aromatic nitrogens is 2. The van der Waals surface area contributed by atoms with Crippen LogP contribution in [0.3, 0.4) is 0 Å². The van der Waals surface area contributed by atoms with Crippen molar-refractivity contribution in [3.8, 4) is 33.6 Å². The number of para-hydroxylation sites is 3. The van der Waals surface area contributed by atoms with Gasteiger partial charge in [0.05, 0.1) is 22.1 Å². The van der Waals surface area contributed by atoms with Crippen molar-refractivity contribution in [2.75, 3.05) is 0 Å². The lowest BCUT2D eigenvalue weighted by molar-refractivity contribution is 0.585. The molecule has 9 aromatic rings. The van der Waals surface area contributed by atoms with Crippen molar-refractivity contribution in [2.45, 2.75) is 45.4 Å². The van der Waals surface area contributed by atoms with Gasteiger partial charge in [0.1, 0.15) is 0 Å². The van der Waals surface area contributed by atoms with Gasteiger partial charge >= 0.3 is 0 Å². The third kappa shape index (κ3) is 4.29. The van der Waals surface area contributed by atoms with Crippen LogP contribution < -0.4 is 0 Å². The molecule has 51 heavy (non-hydrogen) atoms. The second-order valence-electron chi connectivity index (χ2n) is 15.8. The van der Waals surface area contributed by atoms with E-state index in [2.05, 4.69) is 195 Å². The van der Waals surface area contributed by atoms with Crippen LogP contribution in [0.15, 0.2) is 152 Å². The van der Waals surface area contributed by atoms with E-state index in [9.17, 15) is 0 Å². The number of nitrogens with zero attached hydrogens (tertiary/aromatic N) is 2. The van der Waals surface area contributed by atoms with Crippen LogP contribution in [-0.4, -0.2) is 9.13 Å². The van der Waals surface area contributed by atoms with Gasteiger partial charge < -0.3 is 9.13 Å². The van der Waals surface area contributed by atoms with Crippen LogP contribution in [-0.2, 0) is 10.8 Å². The second-order valence-corrected chi connectivity index (χ2v) is 15.8. The molecule has 0 saturated heterocycles. The summed E-state index contributed by atoms with van der Waals surface area (Å²) < 4.78 is 4.92. The molecule has 0 bridgehead atoms. The van der Waals surface area contributed by atoms with E-state index in [1.54, 1.807) is 0 Å². The van der Waals surface area contributed by atoms with Gasteiger partial charge in [-0.3, -0.25) is 0 Å². The van der Waals surface area contributed by atoms with Gasteiger partial charge in [-0.25, -0.2) is 0 Å². The summed E-state index contributed by atoms with van der Waals surface area (Å²) in [5.74, 6) is 0. The van der Waals surface area contributed by atoms with Crippen molar-refractivity contribution in [2.24, 2.45) is 0 Å². The Morgan fingerprint density at radius 2 is 1.08 bits per heavy atom. The van der Waals surface area contributed by atoms with Crippen molar-refractivity contribution in [1.82, 2.24) is 9.13 Å². The highest BCUT2D eigenvalue weighted by molar-refractivity contribution is 6.14. The maximum atomic E-state index is 2.51. The summed E-state index contributed by atoms with van der Waals surface area (Å²) in [6.45, 7) is 11.8. The zero-order valence-corrected chi connectivity index (χ0v) is 29.8. The Morgan fingerprint density at radius 3 is 1.80 bits per heavy atom. The molecule has 10 rings (SSSR count). The fourth-order valence-electron chi connectivity index (χ4n) is 8.91. The molecule has 0 atom stereocenters. The fourth-order valence-corrected chi connectivity index (χ4v) is 8.91. The predicted octanol–water partition coefficient (Wildman–Crippen LogP) is 13.2. The standard InChI is InChI=1S/C49H40N2/c1-48(2,3)33-23-24-36-39-25-26-40-41-29-32(22-27-45(41)51(34-15-7-6-8-16-34)47(40)46(39)49(4,5)42(36)30-33)31-14-13-17-35(28-31)50-43-20-11-9-18-37(43)38-19-10-12-21-44(38)50/h6-30H,1-5H3. The zero-order valence-electron chi connectivity index (χ0n) is 29.8. The second kappa shape index (κ2) is 10.6. The molecule has 246 valence electrons. The average Bonchev–Trinajstić information content (AvgIpc) is 3.74. The summed E-state index contributed by atoms with van der Waals surface area (Å²) in [6.07, 6.45) is 0. The highest BCUT2D eigenvalue weighted by atomic mass is 15.0. The average molecular weight is 657 g/mol. The molecular weight excluding hydrogens is 617 g/mol. The van der Waals surface area contributed by atoms with Crippen molar-refractivity contribution in [3.05, 3.63) is 168 Å². The summed E-state index contributed by atoms with van der Waals surface area (Å²) in [5.41, 5.74) is 16.6. The Hall–Kier alpha value is -5.86. The lowest BCUT2D eigenvalue weighted by atomic mass is 9.78. The SMILES string of the molecule is CC(C)(C)c1ccc2c(c1)C(C)(C)c1c-2ccc2c3cc(-c4cccc(-n5c6ccccc6c6ccccc65)c4)ccc3n(-c3ccccc3)c12. The van der Waals surface area contributed by atoms with E-state index >= 15 is 0 Å². The van der Waals surface area contributed by atoms with Crippen LogP contribution in [0, 0.1) is 0 Å². The molecule has 0 radical (unpaired) electrons. The summed E-state index contributed by atoms with van der Waals surface area (Å²) >= 11 is 0. The molecule has 0 unspecified atom stereocenters. The van der Waals surface area contributed by atoms with Gasteiger partial charge in [-0.05, 0) is 92.9 Å². The number of hydrogen-bond donors (Lipinski definition) is 0. The molecule has 0 aliphatic heterocycles. The molecule has 0 fully saturated rings. The van der Waals surface area contributed by atoms with E-state index in [-0.39, 0.29) is 10.8 Å². The maximum absolute atomic E-state index is 2.51. The van der Waals surface area contributed by atoms with Gasteiger partial charge in [0.15, 0.2) is 0 Å². The smallest absolute Gasteiger partial charge is 0.0588 e. The topological polar surface area (TPSA) is 9.86 Å². The van der Waals surface area contributed by atoms with Crippen molar-refractivity contribution >= 4 is 43.6 Å². The molecule has 0 saturated carbocycles. The molecule has 7 aromatic carbocycles. The lowest BCUT2D eigenvalue weighted by Gasteiger charge is -2.26. The van der Waals surface area contributed by atoms with Crippen molar-refractivity contribution < 1.29 is 0 Å². The Kier molecular flexibility index (Phi) is 6.22. The van der Waals surface area contributed by atoms with Crippen LogP contribution in [0.4, 0.5) is 0 Å². The van der Waals surface area contributed by atoms with Gasteiger partial charge in [-0.15, -0.1) is 0 Å². The number of rotatable bonds is 3. The van der Waals surface area contributed by atoms with E-state index in [1.807, 2.05) is 0 Å². The van der Waals surface area contributed by atoms with Crippen LogP contribution in [0.2, 0.25) is 0 Å². The zero-order chi connectivity index (χ0) is 34.6. The molecule has 0 spiro atoms. The first-order valence-corrected chi connectivity index (χ1v) is 18.1. The number of hydrogen-bond acceptors (Lipinski definition) is 0. The highest BCUT2D eigenvalue weighted by Gasteiger charge is 2.39. The fraction of sp³-hybridized carbons (Fsp3) is 0.143. The summed E-state index contributed by atoms with van der Waals surface area (Å²) in [5, 5.41) is 5.13. The van der Waals surface area contributed by atoms with Gasteiger partial charge in [-0.2, -0.15) is 0 Å². The Labute approximate surface area is 299 Å². The molecule has 2 heteroatoms. The third-order valence-corrected chi connectivity index (χ3v) is 11.4.